The largest absolute Gasteiger partial charge is 0.328 e. The van der Waals surface area contributed by atoms with E-state index in [9.17, 15) is 52.7 Å². The molecule has 0 aliphatic rings. The quantitative estimate of drug-likeness (QED) is 0.0556. The Hall–Kier alpha value is -5.67. The Morgan fingerprint density at radius 1 is 0.302 bits per heavy atom. The molecule has 0 bridgehead atoms. The summed E-state index contributed by atoms with van der Waals surface area (Å²) in [7, 11) is 0.203. The van der Waals surface area contributed by atoms with Crippen LogP contribution >= 0.6 is 0 Å². The standard InChI is InChI=1S/C28H8BF20.C13H13S/c30-13-5-1-9(17(34)21(13)38)25(42,43)29(26(44,45)10-2-6-14(31)22(39)18(10)35,27(46,47)11-3-7-15(32)23(40)19(11)36)28(48,49)12-4-8-16(33)24(41)20(12)37;1-14(12-8-4-2-5-9-12)13-10-6-3-7-11-13/h1-8H;2-11H,1H3/q-1;+1. The Balaban J connectivity index is 0.000000449. The second-order valence-corrected chi connectivity index (χ2v) is 15.3. The predicted octanol–water partition coefficient (Wildman–Crippen LogP) is 13.8. The molecule has 63 heavy (non-hydrogen) atoms. The lowest BCUT2D eigenvalue weighted by atomic mass is 9.08. The van der Waals surface area contributed by atoms with Crippen molar-refractivity contribution in [1.82, 2.24) is 0 Å². The monoisotopic (exact) mass is 936 g/mol. The van der Waals surface area contributed by atoms with Crippen LogP contribution in [0.3, 0.4) is 0 Å². The molecule has 0 atom stereocenters. The topological polar surface area (TPSA) is 0 Å². The zero-order valence-corrected chi connectivity index (χ0v) is 31.8. The van der Waals surface area contributed by atoms with Crippen molar-refractivity contribution in [2.75, 3.05) is 6.26 Å². The van der Waals surface area contributed by atoms with Gasteiger partial charge in [-0.15, -0.1) is 0 Å². The van der Waals surface area contributed by atoms with Gasteiger partial charge in [0.25, 0.3) is 0 Å². The smallest absolute Gasteiger partial charge is 0.246 e. The summed E-state index contributed by atoms with van der Waals surface area (Å²) in [5.74, 6) is -66.7. The zero-order valence-electron chi connectivity index (χ0n) is 30.9. The van der Waals surface area contributed by atoms with E-state index < -0.39 is 170 Å². The fourth-order valence-electron chi connectivity index (χ4n) is 6.82. The first-order valence-corrected chi connectivity index (χ1v) is 18.8. The molecule has 0 heterocycles. The molecular formula is C41H21BF20S. The van der Waals surface area contributed by atoms with Gasteiger partial charge in [-0.1, -0.05) is 60.7 Å². The summed E-state index contributed by atoms with van der Waals surface area (Å²) in [4.78, 5) is 2.80. The maximum atomic E-state index is 16.7. The molecule has 0 amide bonds. The van der Waals surface area contributed by atoms with Crippen LogP contribution in [0.5, 0.6) is 0 Å². The molecular weight excluding hydrogens is 915 g/mol. The van der Waals surface area contributed by atoms with Gasteiger partial charge in [-0.25, -0.2) is 87.8 Å². The van der Waals surface area contributed by atoms with Crippen molar-refractivity contribution in [3.8, 4) is 0 Å². The van der Waals surface area contributed by atoms with Gasteiger partial charge in [0.1, 0.15) is 6.26 Å². The van der Waals surface area contributed by atoms with Crippen LogP contribution in [0.25, 0.3) is 0 Å². The van der Waals surface area contributed by atoms with Crippen LogP contribution < -0.4 is 0 Å². The van der Waals surface area contributed by atoms with E-state index in [0.29, 0.717) is 0 Å². The van der Waals surface area contributed by atoms with Gasteiger partial charge >= 0.3 is 6.15 Å². The van der Waals surface area contributed by atoms with Crippen molar-refractivity contribution in [3.63, 3.8) is 0 Å². The van der Waals surface area contributed by atoms with Crippen molar-refractivity contribution in [2.45, 2.75) is 33.1 Å². The van der Waals surface area contributed by atoms with E-state index >= 15 is 35.1 Å². The van der Waals surface area contributed by atoms with Crippen molar-refractivity contribution < 1.29 is 87.8 Å². The van der Waals surface area contributed by atoms with Gasteiger partial charge in [-0.3, -0.25) is 0 Å². The highest BCUT2D eigenvalue weighted by Crippen LogP contribution is 2.68. The molecule has 0 spiro atoms. The van der Waals surface area contributed by atoms with Crippen molar-refractivity contribution in [2.24, 2.45) is 0 Å². The molecule has 0 N–H and O–H groups in total. The lowest BCUT2D eigenvalue weighted by Gasteiger charge is -2.58. The van der Waals surface area contributed by atoms with Gasteiger partial charge in [0.15, 0.2) is 103 Å². The van der Waals surface area contributed by atoms with E-state index in [1.54, 1.807) is 0 Å². The first-order valence-electron chi connectivity index (χ1n) is 17.2. The molecule has 0 radical (unpaired) electrons. The summed E-state index contributed by atoms with van der Waals surface area (Å²) in [5.41, 5.74) is -13.8. The number of alkyl halides is 8. The van der Waals surface area contributed by atoms with E-state index in [-0.39, 0.29) is 10.9 Å². The van der Waals surface area contributed by atoms with Crippen LogP contribution in [0.15, 0.2) is 119 Å². The van der Waals surface area contributed by atoms with Crippen LogP contribution in [0.4, 0.5) is 87.8 Å². The maximum Gasteiger partial charge on any atom is 0.328 e. The van der Waals surface area contributed by atoms with Crippen molar-refractivity contribution >= 4 is 17.0 Å². The molecule has 0 fully saturated rings. The molecule has 0 saturated heterocycles. The van der Waals surface area contributed by atoms with E-state index in [1.807, 2.05) is 0 Å². The molecule has 6 rings (SSSR count). The molecule has 0 nitrogen and oxygen atoms in total. The van der Waals surface area contributed by atoms with Gasteiger partial charge < -0.3 is 0 Å². The lowest BCUT2D eigenvalue weighted by molar-refractivity contribution is -0.0917. The number of rotatable bonds is 10. The number of hydrogen-bond acceptors (Lipinski definition) is 0. The first kappa shape index (κ1) is 48.4. The highest BCUT2D eigenvalue weighted by atomic mass is 32.2. The Labute approximate surface area is 345 Å². The van der Waals surface area contributed by atoms with E-state index in [2.05, 4.69) is 66.9 Å². The molecule has 6 aromatic carbocycles. The first-order chi connectivity index (χ1) is 29.2. The maximum absolute atomic E-state index is 16.7. The normalized spacial score (nSPS) is 12.7. The van der Waals surface area contributed by atoms with Gasteiger partial charge in [0.05, 0.1) is 10.9 Å². The van der Waals surface area contributed by atoms with Crippen LogP contribution in [0.2, 0.25) is 0 Å². The molecule has 0 saturated carbocycles. The molecule has 0 aromatic heterocycles. The molecule has 6 aromatic rings. The minimum atomic E-state index is -9.00. The summed E-state index contributed by atoms with van der Waals surface area (Å²) < 4.78 is 305. The molecule has 0 aliphatic carbocycles. The van der Waals surface area contributed by atoms with E-state index in [0.717, 1.165) is 0 Å². The highest BCUT2D eigenvalue weighted by Gasteiger charge is 2.86. The minimum absolute atomic E-state index is 0.203. The Bertz CT molecular complexity index is 2320. The predicted molar refractivity (Wildman–Crippen MR) is 189 cm³/mol. The Kier molecular flexibility index (Phi) is 13.4. The van der Waals surface area contributed by atoms with Gasteiger partial charge in [-0.2, -0.15) is 0 Å². The number of benzene rings is 6. The summed E-state index contributed by atoms with van der Waals surface area (Å²) in [6.07, 6.45) is -6.73. The fraction of sp³-hybridized carbons (Fsp3) is 0.122. The SMILES string of the molecule is C[S+](c1ccccc1)c1ccccc1.Fc1ccc(C(F)(F)[B-](C(F)(F)c2ccc(F)c(F)c2F)(C(F)(F)c2ccc(F)c(F)c2F)C(F)(F)c2ccc(F)c(F)c2F)c(F)c1F. The van der Waals surface area contributed by atoms with E-state index in [1.165, 1.54) is 9.79 Å². The summed E-state index contributed by atoms with van der Waals surface area (Å²) in [6, 6.07) is 14.9. The minimum Gasteiger partial charge on any atom is -0.246 e. The second-order valence-electron chi connectivity index (χ2n) is 13.4. The summed E-state index contributed by atoms with van der Waals surface area (Å²) >= 11 is 0. The average molecular weight is 936 g/mol. The highest BCUT2D eigenvalue weighted by molar-refractivity contribution is 7.96. The summed E-state index contributed by atoms with van der Waals surface area (Å²) in [6.45, 7) is 0. The fourth-order valence-corrected chi connectivity index (χ4v) is 8.22. The third-order valence-corrected chi connectivity index (χ3v) is 11.9. The van der Waals surface area contributed by atoms with Crippen LogP contribution in [-0.4, -0.2) is 12.4 Å². The number of hydrogen-bond donors (Lipinski definition) is 0. The number of halogens is 20. The third kappa shape index (κ3) is 7.77. The lowest BCUT2D eigenvalue weighted by Crippen LogP contribution is -2.79. The Morgan fingerprint density at radius 3 is 0.714 bits per heavy atom. The third-order valence-electron chi connectivity index (χ3n) is 9.95. The average Bonchev–Trinajstić information content (AvgIpc) is 3.23. The van der Waals surface area contributed by atoms with Crippen LogP contribution in [0, 0.1) is 69.8 Å². The molecule has 0 unspecified atom stereocenters. The second kappa shape index (κ2) is 17.5. The van der Waals surface area contributed by atoms with E-state index in [4.69, 9.17) is 0 Å². The Morgan fingerprint density at radius 2 is 0.508 bits per heavy atom. The van der Waals surface area contributed by atoms with Crippen molar-refractivity contribution in [1.29, 1.82) is 0 Å². The molecule has 22 heteroatoms. The zero-order chi connectivity index (χ0) is 47.2. The van der Waals surface area contributed by atoms with Gasteiger partial charge in [0, 0.05) is 22.3 Å². The summed E-state index contributed by atoms with van der Waals surface area (Å²) in [5, 5.41) is 0. The molecule has 334 valence electrons. The molecule has 0 aliphatic heterocycles. The van der Waals surface area contributed by atoms with Crippen LogP contribution in [-0.2, 0) is 34.2 Å². The van der Waals surface area contributed by atoms with Gasteiger partial charge in [-0.05, 0) is 48.5 Å². The van der Waals surface area contributed by atoms with Crippen LogP contribution in [0.1, 0.15) is 22.3 Å². The van der Waals surface area contributed by atoms with Crippen molar-refractivity contribution in [3.05, 3.63) is 201 Å². The van der Waals surface area contributed by atoms with Gasteiger partial charge in [0.2, 0.25) is 0 Å².